The lowest BCUT2D eigenvalue weighted by atomic mass is 10.1. The Morgan fingerprint density at radius 2 is 2.23 bits per heavy atom. The fourth-order valence-electron chi connectivity index (χ4n) is 1.41. The van der Waals surface area contributed by atoms with Gasteiger partial charge in [-0.05, 0) is 18.6 Å². The zero-order valence-corrected chi connectivity index (χ0v) is 7.36. The van der Waals surface area contributed by atoms with Crippen LogP contribution in [0, 0.1) is 0 Å². The summed E-state index contributed by atoms with van der Waals surface area (Å²) in [5, 5.41) is 9.51. The van der Waals surface area contributed by atoms with E-state index in [1.54, 1.807) is 6.20 Å². The van der Waals surface area contributed by atoms with Gasteiger partial charge < -0.3 is 5.11 Å². The molecule has 0 aliphatic heterocycles. The molecule has 13 heavy (non-hydrogen) atoms. The second-order valence-electron chi connectivity index (χ2n) is 2.85. The minimum Gasteiger partial charge on any atom is -0.506 e. The fourth-order valence-corrected chi connectivity index (χ4v) is 1.41. The normalized spacial score (nSPS) is 10.5. The van der Waals surface area contributed by atoms with Crippen LogP contribution in [-0.4, -0.2) is 15.1 Å². The van der Waals surface area contributed by atoms with Crippen LogP contribution in [0.5, 0.6) is 5.75 Å². The first-order valence-electron chi connectivity index (χ1n) is 4.24. The number of aromatic nitrogens is 2. The van der Waals surface area contributed by atoms with Crippen LogP contribution in [0.3, 0.4) is 0 Å². The third-order valence-corrected chi connectivity index (χ3v) is 2.06. The fraction of sp³-hybridized carbons (Fsp3) is 0.200. The second kappa shape index (κ2) is 3.01. The predicted molar refractivity (Wildman–Crippen MR) is 50.6 cm³/mol. The van der Waals surface area contributed by atoms with Crippen LogP contribution in [0.2, 0.25) is 0 Å². The summed E-state index contributed by atoms with van der Waals surface area (Å²) in [6.07, 6.45) is 3.95. The van der Waals surface area contributed by atoms with Crippen molar-refractivity contribution in [3.05, 3.63) is 30.1 Å². The molecule has 0 fully saturated rings. The van der Waals surface area contributed by atoms with Crippen molar-refractivity contribution >= 4 is 11.0 Å². The standard InChI is InChI=1S/C10H10N2O/c1-2-7-9(13)6-12-8-4-3-5-11-10(7)8/h3-6,13H,2H2,1H3. The molecule has 0 bridgehead atoms. The van der Waals surface area contributed by atoms with Gasteiger partial charge in [0, 0.05) is 11.8 Å². The molecule has 0 saturated heterocycles. The zero-order valence-electron chi connectivity index (χ0n) is 7.36. The lowest BCUT2D eigenvalue weighted by molar-refractivity contribution is 0.467. The monoisotopic (exact) mass is 174 g/mol. The van der Waals surface area contributed by atoms with Crippen molar-refractivity contribution in [2.45, 2.75) is 13.3 Å². The molecule has 0 unspecified atom stereocenters. The van der Waals surface area contributed by atoms with Crippen molar-refractivity contribution in [2.24, 2.45) is 0 Å². The molecule has 3 heteroatoms. The van der Waals surface area contributed by atoms with Gasteiger partial charge in [-0.3, -0.25) is 9.97 Å². The summed E-state index contributed by atoms with van der Waals surface area (Å²) >= 11 is 0. The number of nitrogens with zero attached hydrogens (tertiary/aromatic N) is 2. The van der Waals surface area contributed by atoms with Crippen molar-refractivity contribution < 1.29 is 5.11 Å². The Morgan fingerprint density at radius 1 is 1.38 bits per heavy atom. The maximum absolute atomic E-state index is 9.51. The van der Waals surface area contributed by atoms with E-state index in [1.165, 1.54) is 6.20 Å². The molecule has 3 nitrogen and oxygen atoms in total. The molecule has 0 aliphatic carbocycles. The summed E-state index contributed by atoms with van der Waals surface area (Å²) in [6, 6.07) is 3.73. The van der Waals surface area contributed by atoms with Gasteiger partial charge in [-0.1, -0.05) is 6.92 Å². The van der Waals surface area contributed by atoms with Gasteiger partial charge in [-0.15, -0.1) is 0 Å². The van der Waals surface area contributed by atoms with Gasteiger partial charge >= 0.3 is 0 Å². The number of fused-ring (bicyclic) bond motifs is 1. The summed E-state index contributed by atoms with van der Waals surface area (Å²) in [6.45, 7) is 1.99. The van der Waals surface area contributed by atoms with Crippen LogP contribution >= 0.6 is 0 Å². The number of hydrogen-bond donors (Lipinski definition) is 1. The Morgan fingerprint density at radius 3 is 3.00 bits per heavy atom. The molecule has 0 radical (unpaired) electrons. The highest BCUT2D eigenvalue weighted by Crippen LogP contribution is 2.23. The van der Waals surface area contributed by atoms with E-state index >= 15 is 0 Å². The molecule has 0 aromatic carbocycles. The molecular weight excluding hydrogens is 164 g/mol. The Hall–Kier alpha value is -1.64. The van der Waals surface area contributed by atoms with E-state index in [9.17, 15) is 5.11 Å². The van der Waals surface area contributed by atoms with Crippen LogP contribution in [0.1, 0.15) is 12.5 Å². The molecule has 2 heterocycles. The highest BCUT2D eigenvalue weighted by molar-refractivity contribution is 5.79. The summed E-state index contributed by atoms with van der Waals surface area (Å²) in [5.74, 6) is 0.230. The van der Waals surface area contributed by atoms with E-state index in [-0.39, 0.29) is 5.75 Å². The van der Waals surface area contributed by atoms with E-state index in [1.807, 2.05) is 19.1 Å². The number of rotatable bonds is 1. The predicted octanol–water partition coefficient (Wildman–Crippen LogP) is 1.90. The van der Waals surface area contributed by atoms with Crippen LogP contribution < -0.4 is 0 Å². The molecule has 2 aromatic heterocycles. The molecule has 0 amide bonds. The smallest absolute Gasteiger partial charge is 0.139 e. The average Bonchev–Trinajstić information content (AvgIpc) is 2.18. The molecular formula is C10H10N2O. The lowest BCUT2D eigenvalue weighted by Crippen LogP contribution is -1.90. The van der Waals surface area contributed by atoms with Crippen molar-refractivity contribution in [3.63, 3.8) is 0 Å². The third-order valence-electron chi connectivity index (χ3n) is 2.06. The van der Waals surface area contributed by atoms with Crippen molar-refractivity contribution in [1.29, 1.82) is 0 Å². The van der Waals surface area contributed by atoms with Gasteiger partial charge in [0.05, 0.1) is 17.2 Å². The minimum atomic E-state index is 0.230. The molecule has 0 aliphatic rings. The maximum Gasteiger partial charge on any atom is 0.139 e. The van der Waals surface area contributed by atoms with E-state index in [0.717, 1.165) is 23.0 Å². The van der Waals surface area contributed by atoms with Gasteiger partial charge in [0.25, 0.3) is 0 Å². The summed E-state index contributed by atoms with van der Waals surface area (Å²) in [5.41, 5.74) is 2.49. The highest BCUT2D eigenvalue weighted by atomic mass is 16.3. The topological polar surface area (TPSA) is 46.0 Å². The number of aryl methyl sites for hydroxylation is 1. The average molecular weight is 174 g/mol. The highest BCUT2D eigenvalue weighted by Gasteiger charge is 2.05. The minimum absolute atomic E-state index is 0.230. The molecule has 0 saturated carbocycles. The van der Waals surface area contributed by atoms with E-state index in [0.29, 0.717) is 0 Å². The Labute approximate surface area is 76.1 Å². The zero-order chi connectivity index (χ0) is 9.26. The second-order valence-corrected chi connectivity index (χ2v) is 2.85. The Balaban J connectivity index is 2.84. The maximum atomic E-state index is 9.51. The Kier molecular flexibility index (Phi) is 1.85. The quantitative estimate of drug-likeness (QED) is 0.718. The van der Waals surface area contributed by atoms with E-state index < -0.39 is 0 Å². The van der Waals surface area contributed by atoms with Gasteiger partial charge in [0.2, 0.25) is 0 Å². The lowest BCUT2D eigenvalue weighted by Gasteiger charge is -2.03. The first kappa shape index (κ1) is 7.98. The summed E-state index contributed by atoms with van der Waals surface area (Å²) in [4.78, 5) is 8.27. The van der Waals surface area contributed by atoms with Crippen LogP contribution in [0.4, 0.5) is 0 Å². The van der Waals surface area contributed by atoms with Crippen LogP contribution in [0.15, 0.2) is 24.5 Å². The molecule has 2 aromatic rings. The van der Waals surface area contributed by atoms with Crippen molar-refractivity contribution in [2.75, 3.05) is 0 Å². The Bertz CT molecular complexity index is 440. The van der Waals surface area contributed by atoms with E-state index in [4.69, 9.17) is 0 Å². The van der Waals surface area contributed by atoms with Crippen LogP contribution in [0.25, 0.3) is 11.0 Å². The van der Waals surface area contributed by atoms with E-state index in [2.05, 4.69) is 9.97 Å². The molecule has 1 N–H and O–H groups in total. The SMILES string of the molecule is CCc1c(O)cnc2cccnc12. The van der Waals surface area contributed by atoms with Crippen molar-refractivity contribution in [3.8, 4) is 5.75 Å². The summed E-state index contributed by atoms with van der Waals surface area (Å²) < 4.78 is 0. The molecule has 66 valence electrons. The number of pyridine rings is 2. The first-order chi connectivity index (χ1) is 6.33. The molecule has 0 spiro atoms. The third kappa shape index (κ3) is 1.22. The van der Waals surface area contributed by atoms with Gasteiger partial charge in [0.1, 0.15) is 5.75 Å². The number of aromatic hydroxyl groups is 1. The first-order valence-corrected chi connectivity index (χ1v) is 4.24. The van der Waals surface area contributed by atoms with Gasteiger partial charge in [-0.25, -0.2) is 0 Å². The largest absolute Gasteiger partial charge is 0.506 e. The number of hydrogen-bond acceptors (Lipinski definition) is 3. The van der Waals surface area contributed by atoms with Gasteiger partial charge in [0.15, 0.2) is 0 Å². The molecule has 0 atom stereocenters. The molecule has 2 rings (SSSR count). The van der Waals surface area contributed by atoms with Gasteiger partial charge in [-0.2, -0.15) is 0 Å². The van der Waals surface area contributed by atoms with Crippen molar-refractivity contribution in [1.82, 2.24) is 9.97 Å². The van der Waals surface area contributed by atoms with Crippen LogP contribution in [-0.2, 0) is 6.42 Å². The summed E-state index contributed by atoms with van der Waals surface area (Å²) in [7, 11) is 0.